The standard InChI is InChI=1S/C44H26OS/c1-2-11-28(12-3-1)38-26-46-44-36(38)22-23-39-43(44)37-21-20-31(25-40(37)45-39)42-34-16-8-6-14-32(34)41(33-15-7-9-17-35(33)42)30-19-18-27-10-4-5-13-29(27)24-30/h1-26H. The average Bonchev–Trinajstić information content (AvgIpc) is 3.72. The molecule has 10 rings (SSSR count). The molecule has 0 aliphatic carbocycles. The Hall–Kier alpha value is -5.70. The molecule has 8 aromatic carbocycles. The maximum atomic E-state index is 6.60. The van der Waals surface area contributed by atoms with Gasteiger partial charge in [-0.3, -0.25) is 0 Å². The molecule has 0 saturated heterocycles. The molecular formula is C44H26OS. The maximum absolute atomic E-state index is 6.60. The Morgan fingerprint density at radius 1 is 0.391 bits per heavy atom. The quantitative estimate of drug-likeness (QED) is 0.183. The summed E-state index contributed by atoms with van der Waals surface area (Å²) in [5.74, 6) is 0. The maximum Gasteiger partial charge on any atom is 0.136 e. The summed E-state index contributed by atoms with van der Waals surface area (Å²) >= 11 is 1.80. The predicted molar refractivity (Wildman–Crippen MR) is 198 cm³/mol. The van der Waals surface area contributed by atoms with Gasteiger partial charge >= 0.3 is 0 Å². The molecule has 2 heterocycles. The predicted octanol–water partition coefficient (Wildman–Crippen LogP) is 13.3. The Kier molecular flexibility index (Phi) is 5.51. The normalized spacial score (nSPS) is 11.9. The van der Waals surface area contributed by atoms with Crippen LogP contribution in [0.4, 0.5) is 0 Å². The molecule has 46 heavy (non-hydrogen) atoms. The molecule has 2 aromatic heterocycles. The van der Waals surface area contributed by atoms with E-state index >= 15 is 0 Å². The van der Waals surface area contributed by atoms with Gasteiger partial charge in [-0.1, -0.05) is 121 Å². The van der Waals surface area contributed by atoms with Crippen LogP contribution in [0.1, 0.15) is 0 Å². The van der Waals surface area contributed by atoms with E-state index in [2.05, 4.69) is 157 Å². The number of fused-ring (bicyclic) bond motifs is 8. The van der Waals surface area contributed by atoms with Crippen LogP contribution in [0.2, 0.25) is 0 Å². The van der Waals surface area contributed by atoms with E-state index in [0.29, 0.717) is 0 Å². The minimum Gasteiger partial charge on any atom is -0.456 e. The van der Waals surface area contributed by atoms with Crippen LogP contribution in [0.3, 0.4) is 0 Å². The molecule has 0 spiro atoms. The Labute approximate surface area is 269 Å². The van der Waals surface area contributed by atoms with Crippen molar-refractivity contribution in [3.8, 4) is 33.4 Å². The van der Waals surface area contributed by atoms with Crippen molar-refractivity contribution in [2.24, 2.45) is 0 Å². The summed E-state index contributed by atoms with van der Waals surface area (Å²) in [6.45, 7) is 0. The van der Waals surface area contributed by atoms with Gasteiger partial charge in [0.1, 0.15) is 11.2 Å². The van der Waals surface area contributed by atoms with E-state index in [4.69, 9.17) is 4.42 Å². The van der Waals surface area contributed by atoms with Gasteiger partial charge in [0.2, 0.25) is 0 Å². The summed E-state index contributed by atoms with van der Waals surface area (Å²) < 4.78 is 7.88. The van der Waals surface area contributed by atoms with Gasteiger partial charge in [0.25, 0.3) is 0 Å². The second-order valence-corrected chi connectivity index (χ2v) is 12.9. The fraction of sp³-hybridized carbons (Fsp3) is 0. The second-order valence-electron chi connectivity index (χ2n) is 12.0. The van der Waals surface area contributed by atoms with Crippen LogP contribution in [0.25, 0.3) is 97.7 Å². The summed E-state index contributed by atoms with van der Waals surface area (Å²) in [6.07, 6.45) is 0. The van der Waals surface area contributed by atoms with Crippen molar-refractivity contribution in [2.45, 2.75) is 0 Å². The lowest BCUT2D eigenvalue weighted by atomic mass is 9.85. The Bertz CT molecular complexity index is 2740. The zero-order valence-electron chi connectivity index (χ0n) is 24.8. The van der Waals surface area contributed by atoms with Crippen LogP contribution in [0.5, 0.6) is 0 Å². The molecule has 1 nitrogen and oxygen atoms in total. The third kappa shape index (κ3) is 3.74. The van der Waals surface area contributed by atoms with Crippen molar-refractivity contribution in [1.82, 2.24) is 0 Å². The average molecular weight is 603 g/mol. The molecule has 2 heteroatoms. The fourth-order valence-corrected chi connectivity index (χ4v) is 8.58. The zero-order valence-corrected chi connectivity index (χ0v) is 25.6. The smallest absolute Gasteiger partial charge is 0.136 e. The van der Waals surface area contributed by atoms with Gasteiger partial charge in [0.05, 0.1) is 0 Å². The van der Waals surface area contributed by atoms with Crippen molar-refractivity contribution < 1.29 is 4.42 Å². The van der Waals surface area contributed by atoms with Crippen LogP contribution in [0, 0.1) is 0 Å². The van der Waals surface area contributed by atoms with Crippen molar-refractivity contribution in [3.05, 3.63) is 157 Å². The van der Waals surface area contributed by atoms with Crippen molar-refractivity contribution in [1.29, 1.82) is 0 Å². The Morgan fingerprint density at radius 2 is 0.978 bits per heavy atom. The van der Waals surface area contributed by atoms with E-state index in [9.17, 15) is 0 Å². The van der Waals surface area contributed by atoms with Crippen LogP contribution < -0.4 is 0 Å². The van der Waals surface area contributed by atoms with Crippen molar-refractivity contribution in [2.75, 3.05) is 0 Å². The highest BCUT2D eigenvalue weighted by atomic mass is 32.1. The fourth-order valence-electron chi connectivity index (χ4n) is 7.44. The number of hydrogen-bond acceptors (Lipinski definition) is 2. The first kappa shape index (κ1) is 25.6. The molecule has 0 amide bonds. The Balaban J connectivity index is 1.22. The number of furan rings is 1. The van der Waals surface area contributed by atoms with Crippen molar-refractivity contribution >= 4 is 75.7 Å². The molecule has 0 bridgehead atoms. The molecule has 10 aromatic rings. The monoisotopic (exact) mass is 602 g/mol. The summed E-state index contributed by atoms with van der Waals surface area (Å²) in [7, 11) is 0. The summed E-state index contributed by atoms with van der Waals surface area (Å²) in [5.41, 5.74) is 9.29. The minimum absolute atomic E-state index is 0.918. The first-order chi connectivity index (χ1) is 22.8. The van der Waals surface area contributed by atoms with Crippen LogP contribution in [-0.4, -0.2) is 0 Å². The molecule has 214 valence electrons. The molecule has 0 N–H and O–H groups in total. The molecule has 0 radical (unpaired) electrons. The third-order valence-electron chi connectivity index (χ3n) is 9.52. The van der Waals surface area contributed by atoms with Gasteiger partial charge < -0.3 is 4.42 Å². The van der Waals surface area contributed by atoms with Gasteiger partial charge in [-0.15, -0.1) is 11.3 Å². The summed E-state index contributed by atoms with van der Waals surface area (Å²) in [6, 6.07) is 54.9. The SMILES string of the molecule is c1ccc(-c2csc3c2ccc2oc4cc(-c5c6ccccc6c(-c6ccc7ccccc7c6)c6ccccc56)ccc4c23)cc1. The van der Waals surface area contributed by atoms with Crippen LogP contribution in [-0.2, 0) is 0 Å². The highest BCUT2D eigenvalue weighted by Gasteiger charge is 2.19. The van der Waals surface area contributed by atoms with Gasteiger partial charge in [-0.25, -0.2) is 0 Å². The van der Waals surface area contributed by atoms with Gasteiger partial charge in [0, 0.05) is 26.4 Å². The van der Waals surface area contributed by atoms with E-state index in [1.807, 2.05) is 0 Å². The largest absolute Gasteiger partial charge is 0.456 e. The van der Waals surface area contributed by atoms with Gasteiger partial charge in [-0.05, 0) is 95.8 Å². The first-order valence-electron chi connectivity index (χ1n) is 15.7. The van der Waals surface area contributed by atoms with Crippen molar-refractivity contribution in [3.63, 3.8) is 0 Å². The molecule has 0 aliphatic rings. The zero-order chi connectivity index (χ0) is 30.2. The van der Waals surface area contributed by atoms with Crippen LogP contribution in [0.15, 0.2) is 161 Å². The molecule has 0 saturated carbocycles. The topological polar surface area (TPSA) is 13.1 Å². The summed E-state index contributed by atoms with van der Waals surface area (Å²) in [5, 5.41) is 13.4. The lowest BCUT2D eigenvalue weighted by molar-refractivity contribution is 0.669. The number of rotatable bonds is 3. The highest BCUT2D eigenvalue weighted by molar-refractivity contribution is 7.19. The lowest BCUT2D eigenvalue weighted by Crippen LogP contribution is -1.91. The number of thiophene rings is 1. The van der Waals surface area contributed by atoms with E-state index < -0.39 is 0 Å². The molecule has 0 unspecified atom stereocenters. The lowest BCUT2D eigenvalue weighted by Gasteiger charge is -2.18. The van der Waals surface area contributed by atoms with Crippen LogP contribution >= 0.6 is 11.3 Å². The van der Waals surface area contributed by atoms with Gasteiger partial charge in [0.15, 0.2) is 0 Å². The molecular weight excluding hydrogens is 577 g/mol. The van der Waals surface area contributed by atoms with E-state index in [-0.39, 0.29) is 0 Å². The second kappa shape index (κ2) is 9.90. The highest BCUT2D eigenvalue weighted by Crippen LogP contribution is 2.46. The Morgan fingerprint density at radius 3 is 1.70 bits per heavy atom. The molecule has 0 fully saturated rings. The number of benzene rings is 8. The number of hydrogen-bond donors (Lipinski definition) is 0. The van der Waals surface area contributed by atoms with E-state index in [1.54, 1.807) is 11.3 Å². The molecule has 0 aliphatic heterocycles. The minimum atomic E-state index is 0.918. The van der Waals surface area contributed by atoms with Gasteiger partial charge in [-0.2, -0.15) is 0 Å². The van der Waals surface area contributed by atoms with E-state index in [1.165, 1.54) is 75.6 Å². The summed E-state index contributed by atoms with van der Waals surface area (Å²) in [4.78, 5) is 0. The van der Waals surface area contributed by atoms with E-state index in [0.717, 1.165) is 22.1 Å². The first-order valence-corrected chi connectivity index (χ1v) is 16.5. The third-order valence-corrected chi connectivity index (χ3v) is 10.5. The molecule has 0 atom stereocenters.